The molecule has 94 valence electrons. The van der Waals surface area contributed by atoms with Crippen molar-refractivity contribution < 1.29 is 22.1 Å². The van der Waals surface area contributed by atoms with Crippen molar-refractivity contribution in [3.63, 3.8) is 0 Å². The lowest BCUT2D eigenvalue weighted by Crippen LogP contribution is -2.05. The van der Waals surface area contributed by atoms with Gasteiger partial charge in [0.05, 0.1) is 10.5 Å². The van der Waals surface area contributed by atoms with Gasteiger partial charge in [-0.1, -0.05) is 11.6 Å². The highest BCUT2D eigenvalue weighted by Crippen LogP contribution is 2.37. The molecule has 0 spiro atoms. The highest BCUT2D eigenvalue weighted by atomic mass is 35.7. The van der Waals surface area contributed by atoms with Crippen molar-refractivity contribution in [2.45, 2.75) is 11.5 Å². The van der Waals surface area contributed by atoms with Crippen molar-refractivity contribution in [2.24, 2.45) is 0 Å². The molecule has 0 aromatic carbocycles. The fourth-order valence-corrected chi connectivity index (χ4v) is 2.24. The van der Waals surface area contributed by atoms with Crippen LogP contribution >= 0.6 is 22.3 Å². The van der Waals surface area contributed by atoms with E-state index in [4.69, 9.17) is 22.3 Å². The average molecular weight is 307 g/mol. The molecule has 0 fully saturated rings. The number of halogens is 4. The molecule has 0 N–H and O–H groups in total. The van der Waals surface area contributed by atoms with Crippen LogP contribution < -0.4 is 0 Å². The number of pyridine rings is 1. The second-order valence-electron chi connectivity index (χ2n) is 2.68. The molecular formula is C6H2Cl2F2N2O4S. The van der Waals surface area contributed by atoms with E-state index in [1.54, 1.807) is 0 Å². The standard InChI is InChI=1S/C6H2Cl2F2N2O4S/c7-3-2(5(9)10)1-11-6(17(8,15)16)4(3)12(13)14/h1,5H. The predicted octanol–water partition coefficient (Wildman–Crippen LogP) is 2.51. The van der Waals surface area contributed by atoms with Crippen LogP contribution in [0.15, 0.2) is 11.2 Å². The van der Waals surface area contributed by atoms with Crippen LogP contribution in [-0.2, 0) is 9.05 Å². The third kappa shape index (κ3) is 2.79. The van der Waals surface area contributed by atoms with E-state index in [1.165, 1.54) is 0 Å². The van der Waals surface area contributed by atoms with Crippen molar-refractivity contribution in [3.05, 3.63) is 26.9 Å². The average Bonchev–Trinajstić information content (AvgIpc) is 2.14. The molecule has 0 atom stereocenters. The molecule has 0 aliphatic rings. The van der Waals surface area contributed by atoms with Crippen LogP contribution in [0.2, 0.25) is 5.02 Å². The van der Waals surface area contributed by atoms with Crippen molar-refractivity contribution in [3.8, 4) is 0 Å². The number of alkyl halides is 2. The molecule has 11 heteroatoms. The molecule has 0 aliphatic carbocycles. The van der Waals surface area contributed by atoms with E-state index < -0.39 is 41.7 Å². The lowest BCUT2D eigenvalue weighted by Gasteiger charge is -2.05. The van der Waals surface area contributed by atoms with Crippen LogP contribution in [0, 0.1) is 10.1 Å². The van der Waals surface area contributed by atoms with Gasteiger partial charge in [0, 0.05) is 16.9 Å². The van der Waals surface area contributed by atoms with E-state index in [2.05, 4.69) is 4.98 Å². The van der Waals surface area contributed by atoms with E-state index in [0.29, 0.717) is 6.20 Å². The largest absolute Gasteiger partial charge is 0.326 e. The van der Waals surface area contributed by atoms with Gasteiger partial charge in [0.1, 0.15) is 5.02 Å². The molecule has 0 aliphatic heterocycles. The second kappa shape index (κ2) is 4.67. The fourth-order valence-electron chi connectivity index (χ4n) is 0.965. The van der Waals surface area contributed by atoms with E-state index in [-0.39, 0.29) is 0 Å². The van der Waals surface area contributed by atoms with E-state index in [0.717, 1.165) is 0 Å². The summed E-state index contributed by atoms with van der Waals surface area (Å²) in [7, 11) is 0.317. The van der Waals surface area contributed by atoms with Crippen molar-refractivity contribution >= 4 is 37.0 Å². The van der Waals surface area contributed by atoms with Gasteiger partial charge >= 0.3 is 5.69 Å². The molecule has 0 saturated carbocycles. The zero-order valence-electron chi connectivity index (χ0n) is 7.60. The molecule has 0 amide bonds. The van der Waals surface area contributed by atoms with Crippen molar-refractivity contribution in [1.29, 1.82) is 0 Å². The topological polar surface area (TPSA) is 90.2 Å². The van der Waals surface area contributed by atoms with Gasteiger partial charge < -0.3 is 0 Å². The third-order valence-electron chi connectivity index (χ3n) is 1.63. The van der Waals surface area contributed by atoms with Crippen LogP contribution in [0.5, 0.6) is 0 Å². The minimum absolute atomic E-state index is 0.426. The zero-order valence-corrected chi connectivity index (χ0v) is 9.93. The number of aromatic nitrogens is 1. The van der Waals surface area contributed by atoms with Crippen LogP contribution in [0.3, 0.4) is 0 Å². The number of rotatable bonds is 3. The maximum absolute atomic E-state index is 12.4. The molecule has 1 heterocycles. The van der Waals surface area contributed by atoms with E-state index in [1.807, 2.05) is 0 Å². The fraction of sp³-hybridized carbons (Fsp3) is 0.167. The maximum atomic E-state index is 12.4. The summed E-state index contributed by atoms with van der Waals surface area (Å²) in [4.78, 5) is 12.4. The summed E-state index contributed by atoms with van der Waals surface area (Å²) in [5.41, 5.74) is -2.21. The minimum Gasteiger partial charge on any atom is -0.258 e. The Bertz CT molecular complexity index is 578. The Morgan fingerprint density at radius 3 is 2.35 bits per heavy atom. The number of nitrogens with zero attached hydrogens (tertiary/aromatic N) is 2. The Balaban J connectivity index is 3.69. The Hall–Kier alpha value is -1.06. The summed E-state index contributed by atoms with van der Waals surface area (Å²) in [6.07, 6.45) is -2.70. The summed E-state index contributed by atoms with van der Waals surface area (Å²) in [5, 5.41) is 8.41. The molecule has 1 aromatic heterocycles. The van der Waals surface area contributed by atoms with Gasteiger partial charge in [-0.2, -0.15) is 0 Å². The van der Waals surface area contributed by atoms with Crippen LogP contribution in [-0.4, -0.2) is 18.3 Å². The summed E-state index contributed by atoms with van der Waals surface area (Å²) in [6, 6.07) is 0. The van der Waals surface area contributed by atoms with Crippen molar-refractivity contribution in [1.82, 2.24) is 4.98 Å². The van der Waals surface area contributed by atoms with Crippen molar-refractivity contribution in [2.75, 3.05) is 0 Å². The number of hydrogen-bond acceptors (Lipinski definition) is 5. The Morgan fingerprint density at radius 1 is 1.47 bits per heavy atom. The molecule has 0 unspecified atom stereocenters. The maximum Gasteiger partial charge on any atom is 0.326 e. The summed E-state index contributed by atoms with van der Waals surface area (Å²) < 4.78 is 46.6. The van der Waals surface area contributed by atoms with Gasteiger partial charge in [0.2, 0.25) is 0 Å². The van der Waals surface area contributed by atoms with Crippen LogP contribution in [0.4, 0.5) is 14.5 Å². The Labute approximate surface area is 103 Å². The Morgan fingerprint density at radius 2 is 2.00 bits per heavy atom. The van der Waals surface area contributed by atoms with E-state index >= 15 is 0 Å². The van der Waals surface area contributed by atoms with Gasteiger partial charge in [-0.05, 0) is 0 Å². The van der Waals surface area contributed by atoms with Gasteiger partial charge in [0.25, 0.3) is 20.5 Å². The van der Waals surface area contributed by atoms with E-state index in [9.17, 15) is 27.3 Å². The lowest BCUT2D eigenvalue weighted by atomic mass is 10.3. The summed E-state index contributed by atoms with van der Waals surface area (Å²) >= 11 is 5.33. The molecular weight excluding hydrogens is 305 g/mol. The van der Waals surface area contributed by atoms with Gasteiger partial charge in [-0.25, -0.2) is 22.2 Å². The molecule has 0 bridgehead atoms. The number of nitro groups is 1. The highest BCUT2D eigenvalue weighted by Gasteiger charge is 2.33. The minimum atomic E-state index is -4.55. The molecule has 17 heavy (non-hydrogen) atoms. The summed E-state index contributed by atoms with van der Waals surface area (Å²) in [5.74, 6) is 0. The first kappa shape index (κ1) is 14.0. The second-order valence-corrected chi connectivity index (χ2v) is 5.54. The lowest BCUT2D eigenvalue weighted by molar-refractivity contribution is -0.388. The van der Waals surface area contributed by atoms with Gasteiger partial charge in [0.15, 0.2) is 0 Å². The zero-order chi connectivity index (χ0) is 13.4. The van der Waals surface area contributed by atoms with Gasteiger partial charge in [-0.15, -0.1) is 0 Å². The van der Waals surface area contributed by atoms with Crippen LogP contribution in [0.25, 0.3) is 0 Å². The predicted molar refractivity (Wildman–Crippen MR) is 53.9 cm³/mol. The molecule has 0 saturated heterocycles. The quantitative estimate of drug-likeness (QED) is 0.486. The first-order valence-electron chi connectivity index (χ1n) is 3.72. The number of hydrogen-bond donors (Lipinski definition) is 0. The molecule has 0 radical (unpaired) electrons. The first-order valence-corrected chi connectivity index (χ1v) is 6.40. The van der Waals surface area contributed by atoms with Gasteiger partial charge in [-0.3, -0.25) is 10.1 Å². The van der Waals surface area contributed by atoms with Crippen LogP contribution in [0.1, 0.15) is 12.0 Å². The molecule has 6 nitrogen and oxygen atoms in total. The summed E-state index contributed by atoms with van der Waals surface area (Å²) in [6.45, 7) is 0. The molecule has 1 aromatic rings. The SMILES string of the molecule is O=[N+]([O-])c1c(S(=O)(=O)Cl)ncc(C(F)F)c1Cl. The monoisotopic (exact) mass is 306 g/mol. The highest BCUT2D eigenvalue weighted by molar-refractivity contribution is 8.13. The Kier molecular flexibility index (Phi) is 3.84. The first-order chi connectivity index (χ1) is 7.66. The molecule has 1 rings (SSSR count). The normalized spacial score (nSPS) is 11.8. The smallest absolute Gasteiger partial charge is 0.258 e. The third-order valence-corrected chi connectivity index (χ3v) is 3.23.